The molecule has 1 saturated carbocycles. The fourth-order valence-corrected chi connectivity index (χ4v) is 5.25. The van der Waals surface area contributed by atoms with Crippen molar-refractivity contribution in [2.24, 2.45) is 0 Å². The lowest BCUT2D eigenvalue weighted by atomic mass is 9.94. The summed E-state index contributed by atoms with van der Waals surface area (Å²) in [4.78, 5) is 30.2. The minimum Gasteiger partial charge on any atom is -0.497 e. The molecule has 1 atom stereocenters. The van der Waals surface area contributed by atoms with E-state index in [-0.39, 0.29) is 24.3 Å². The molecule has 1 fully saturated rings. The Labute approximate surface area is 210 Å². The van der Waals surface area contributed by atoms with Gasteiger partial charge in [0.15, 0.2) is 0 Å². The summed E-state index contributed by atoms with van der Waals surface area (Å²) in [5.74, 6) is 1.07. The minimum atomic E-state index is -0.816. The summed E-state index contributed by atoms with van der Waals surface area (Å²) in [7, 11) is 3.21. The van der Waals surface area contributed by atoms with Crippen LogP contribution in [-0.4, -0.2) is 32.1 Å². The molecule has 0 saturated heterocycles. The summed E-state index contributed by atoms with van der Waals surface area (Å²) in [6.07, 6.45) is 5.56. The Morgan fingerprint density at radius 1 is 0.943 bits per heavy atom. The van der Waals surface area contributed by atoms with Gasteiger partial charge in [-0.3, -0.25) is 14.5 Å². The van der Waals surface area contributed by atoms with Crippen molar-refractivity contribution < 1.29 is 19.1 Å². The van der Waals surface area contributed by atoms with Gasteiger partial charge in [-0.25, -0.2) is 0 Å². The largest absolute Gasteiger partial charge is 0.497 e. The highest BCUT2D eigenvalue weighted by Crippen LogP contribution is 2.32. The summed E-state index contributed by atoms with van der Waals surface area (Å²) in [6, 6.07) is 17.8. The van der Waals surface area contributed by atoms with E-state index in [4.69, 9.17) is 9.47 Å². The number of nitrogens with one attached hydrogen (secondary N) is 1. The number of nitrogens with zero attached hydrogens (tertiary/aromatic N) is 1. The zero-order valence-corrected chi connectivity index (χ0v) is 21.1. The zero-order valence-electron chi connectivity index (χ0n) is 20.2. The molecular weight excluding hydrogens is 460 g/mol. The second-order valence-corrected chi connectivity index (χ2v) is 9.77. The standard InChI is InChI=1S/C28H32N2O4S/c1-33-23-14-10-20(11-15-23)27(28(32)29-21-7-4-3-5-8-21)30(22-12-16-24(34-2)17-13-22)26(31)19-25-9-6-18-35-25/h6,9-18,21,27H,3-5,7-8,19H2,1-2H3,(H,29,32)/t27-/m1/s1. The number of rotatable bonds is 9. The smallest absolute Gasteiger partial charge is 0.248 e. The number of ether oxygens (including phenoxy) is 2. The van der Waals surface area contributed by atoms with E-state index in [1.54, 1.807) is 19.1 Å². The number of benzene rings is 2. The third-order valence-electron chi connectivity index (χ3n) is 6.41. The number of carbonyl (C=O) groups excluding carboxylic acids is 2. The van der Waals surface area contributed by atoms with Crippen molar-refractivity contribution >= 4 is 28.8 Å². The lowest BCUT2D eigenvalue weighted by Crippen LogP contribution is -2.47. The van der Waals surface area contributed by atoms with Gasteiger partial charge in [-0.1, -0.05) is 37.5 Å². The van der Waals surface area contributed by atoms with Crippen LogP contribution >= 0.6 is 11.3 Å². The molecule has 0 aliphatic heterocycles. The van der Waals surface area contributed by atoms with E-state index < -0.39 is 6.04 Å². The first-order valence-electron chi connectivity index (χ1n) is 12.0. The number of hydrogen-bond acceptors (Lipinski definition) is 5. The van der Waals surface area contributed by atoms with E-state index in [1.807, 2.05) is 66.0 Å². The highest BCUT2D eigenvalue weighted by Gasteiger charge is 2.34. The van der Waals surface area contributed by atoms with Crippen LogP contribution in [0.15, 0.2) is 66.0 Å². The third kappa shape index (κ3) is 6.22. The summed E-state index contributed by atoms with van der Waals surface area (Å²) in [5.41, 5.74) is 1.38. The third-order valence-corrected chi connectivity index (χ3v) is 7.29. The van der Waals surface area contributed by atoms with E-state index in [2.05, 4.69) is 5.32 Å². The van der Waals surface area contributed by atoms with Gasteiger partial charge in [0.1, 0.15) is 17.5 Å². The molecule has 2 amide bonds. The van der Waals surface area contributed by atoms with Crippen molar-refractivity contribution in [1.29, 1.82) is 0 Å². The monoisotopic (exact) mass is 492 g/mol. The van der Waals surface area contributed by atoms with Crippen molar-refractivity contribution in [3.8, 4) is 11.5 Å². The lowest BCUT2D eigenvalue weighted by molar-refractivity contribution is -0.127. The molecule has 0 unspecified atom stereocenters. The summed E-state index contributed by atoms with van der Waals surface area (Å²) >= 11 is 1.53. The fourth-order valence-electron chi connectivity index (χ4n) is 4.56. The molecule has 35 heavy (non-hydrogen) atoms. The van der Waals surface area contributed by atoms with E-state index in [0.29, 0.717) is 17.2 Å². The molecule has 1 N–H and O–H groups in total. The van der Waals surface area contributed by atoms with Gasteiger partial charge in [0.05, 0.1) is 20.6 Å². The number of thiophene rings is 1. The summed E-state index contributed by atoms with van der Waals surface area (Å²) < 4.78 is 10.6. The highest BCUT2D eigenvalue weighted by atomic mass is 32.1. The van der Waals surface area contributed by atoms with Crippen LogP contribution in [0.1, 0.15) is 48.6 Å². The molecule has 0 radical (unpaired) electrons. The van der Waals surface area contributed by atoms with Gasteiger partial charge in [-0.05, 0) is 66.2 Å². The zero-order chi connectivity index (χ0) is 24.6. The van der Waals surface area contributed by atoms with Gasteiger partial charge in [0, 0.05) is 16.6 Å². The van der Waals surface area contributed by atoms with Gasteiger partial charge in [-0.15, -0.1) is 11.3 Å². The van der Waals surface area contributed by atoms with Crippen LogP contribution in [0.2, 0.25) is 0 Å². The molecule has 1 aromatic heterocycles. The lowest BCUT2D eigenvalue weighted by Gasteiger charge is -2.33. The number of hydrogen-bond donors (Lipinski definition) is 1. The molecule has 7 heteroatoms. The predicted molar refractivity (Wildman–Crippen MR) is 139 cm³/mol. The second-order valence-electron chi connectivity index (χ2n) is 8.74. The Balaban J connectivity index is 1.74. The fraction of sp³-hybridized carbons (Fsp3) is 0.357. The predicted octanol–water partition coefficient (Wildman–Crippen LogP) is 5.53. The van der Waals surface area contributed by atoms with E-state index in [1.165, 1.54) is 17.8 Å². The van der Waals surface area contributed by atoms with Crippen LogP contribution in [0.25, 0.3) is 0 Å². The SMILES string of the molecule is COc1ccc([C@H](C(=O)NC2CCCCC2)N(C(=O)Cc2cccs2)c2ccc(OC)cc2)cc1. The second kappa shape index (κ2) is 11.9. The highest BCUT2D eigenvalue weighted by molar-refractivity contribution is 7.10. The first-order valence-corrected chi connectivity index (χ1v) is 12.9. The maximum absolute atomic E-state index is 13.9. The van der Waals surface area contributed by atoms with Crippen LogP contribution in [0.3, 0.4) is 0 Å². The molecular formula is C28H32N2O4S. The van der Waals surface area contributed by atoms with Crippen LogP contribution in [-0.2, 0) is 16.0 Å². The summed E-state index contributed by atoms with van der Waals surface area (Å²) in [6.45, 7) is 0. The average molecular weight is 493 g/mol. The quantitative estimate of drug-likeness (QED) is 0.426. The molecule has 1 aliphatic rings. The van der Waals surface area contributed by atoms with Gasteiger partial charge < -0.3 is 14.8 Å². The topological polar surface area (TPSA) is 67.9 Å². The Morgan fingerprint density at radius 2 is 1.57 bits per heavy atom. The Kier molecular flexibility index (Phi) is 8.42. The van der Waals surface area contributed by atoms with Crippen LogP contribution in [0.5, 0.6) is 11.5 Å². The van der Waals surface area contributed by atoms with Gasteiger partial charge in [0.25, 0.3) is 0 Å². The van der Waals surface area contributed by atoms with Gasteiger partial charge >= 0.3 is 0 Å². The maximum Gasteiger partial charge on any atom is 0.248 e. The van der Waals surface area contributed by atoms with Crippen molar-refractivity contribution in [1.82, 2.24) is 5.32 Å². The molecule has 1 heterocycles. The minimum absolute atomic E-state index is 0.127. The maximum atomic E-state index is 13.9. The summed E-state index contributed by atoms with van der Waals surface area (Å²) in [5, 5.41) is 5.20. The van der Waals surface area contributed by atoms with Crippen LogP contribution in [0, 0.1) is 0 Å². The van der Waals surface area contributed by atoms with Crippen molar-refractivity contribution in [3.05, 3.63) is 76.5 Å². The van der Waals surface area contributed by atoms with E-state index >= 15 is 0 Å². The first-order chi connectivity index (χ1) is 17.1. The molecule has 0 bridgehead atoms. The normalized spacial score (nSPS) is 14.7. The van der Waals surface area contributed by atoms with Crippen LogP contribution in [0.4, 0.5) is 5.69 Å². The first kappa shape index (κ1) is 24.8. The Hall–Kier alpha value is -3.32. The molecule has 0 spiro atoms. The van der Waals surface area contributed by atoms with Crippen molar-refractivity contribution in [2.45, 2.75) is 50.6 Å². The number of amides is 2. The molecule has 6 nitrogen and oxygen atoms in total. The Morgan fingerprint density at radius 3 is 2.14 bits per heavy atom. The molecule has 1 aliphatic carbocycles. The molecule has 184 valence electrons. The van der Waals surface area contributed by atoms with Crippen molar-refractivity contribution in [3.63, 3.8) is 0 Å². The van der Waals surface area contributed by atoms with Gasteiger partial charge in [0.2, 0.25) is 11.8 Å². The number of anilines is 1. The number of carbonyl (C=O) groups is 2. The molecule has 2 aromatic carbocycles. The Bertz CT molecular complexity index is 1090. The van der Waals surface area contributed by atoms with E-state index in [0.717, 1.165) is 36.1 Å². The van der Waals surface area contributed by atoms with Crippen LogP contribution < -0.4 is 19.7 Å². The average Bonchev–Trinajstić information content (AvgIpc) is 3.41. The molecule has 4 rings (SSSR count). The molecule has 3 aromatic rings. The van der Waals surface area contributed by atoms with Crippen molar-refractivity contribution in [2.75, 3.05) is 19.1 Å². The number of methoxy groups -OCH3 is 2. The van der Waals surface area contributed by atoms with E-state index in [9.17, 15) is 9.59 Å². The van der Waals surface area contributed by atoms with Gasteiger partial charge in [-0.2, -0.15) is 0 Å².